The molecule has 10 heteroatoms. The summed E-state index contributed by atoms with van der Waals surface area (Å²) in [5, 5.41) is 0.929. The topological polar surface area (TPSA) is 72.0 Å². The van der Waals surface area contributed by atoms with E-state index in [9.17, 15) is 22.8 Å². The van der Waals surface area contributed by atoms with E-state index in [1.54, 1.807) is 0 Å². The Morgan fingerprint density at radius 1 is 1.20 bits per heavy atom. The lowest BCUT2D eigenvalue weighted by atomic mass is 10.2. The average Bonchev–Trinajstić information content (AvgIpc) is 2.48. The summed E-state index contributed by atoms with van der Waals surface area (Å²) < 4.78 is 43.4. The molecule has 0 radical (unpaired) electrons. The van der Waals surface area contributed by atoms with Crippen molar-refractivity contribution >= 4 is 17.8 Å². The molecule has 0 bridgehead atoms. The van der Waals surface area contributed by atoms with Crippen LogP contribution in [0.25, 0.3) is 0 Å². The van der Waals surface area contributed by atoms with Crippen molar-refractivity contribution in [3.63, 3.8) is 0 Å². The van der Waals surface area contributed by atoms with Crippen molar-refractivity contribution in [3.05, 3.63) is 23.9 Å². The van der Waals surface area contributed by atoms with Gasteiger partial charge in [0.05, 0.1) is 12.7 Å². The van der Waals surface area contributed by atoms with E-state index in [4.69, 9.17) is 9.57 Å². The summed E-state index contributed by atoms with van der Waals surface area (Å²) in [5.41, 5.74) is -0.887. The minimum atomic E-state index is -4.65. The maximum absolute atomic E-state index is 12.8. The number of alkyl halides is 3. The van der Waals surface area contributed by atoms with Crippen LogP contribution >= 0.6 is 0 Å². The van der Waals surface area contributed by atoms with Crippen LogP contribution in [0.15, 0.2) is 18.3 Å². The number of anilines is 1. The van der Waals surface area contributed by atoms with E-state index in [2.05, 4.69) is 4.98 Å². The molecule has 0 unspecified atom stereocenters. The molecule has 0 fully saturated rings. The lowest BCUT2D eigenvalue weighted by Gasteiger charge is -2.27. The molecule has 0 aliphatic rings. The molecule has 0 aromatic carbocycles. The van der Waals surface area contributed by atoms with Crippen LogP contribution in [0.3, 0.4) is 0 Å². The summed E-state index contributed by atoms with van der Waals surface area (Å²) in [6.45, 7) is 3.03. The lowest BCUT2D eigenvalue weighted by Crippen LogP contribution is -2.42. The van der Waals surface area contributed by atoms with Gasteiger partial charge in [0.15, 0.2) is 0 Å². The number of rotatable bonds is 4. The van der Waals surface area contributed by atoms with E-state index in [1.165, 1.54) is 41.0 Å². The number of ether oxygens (including phenoxy) is 1. The summed E-state index contributed by atoms with van der Waals surface area (Å²) in [7, 11) is 2.65. The number of aromatic nitrogens is 1. The van der Waals surface area contributed by atoms with Gasteiger partial charge in [0.1, 0.15) is 18.0 Å². The highest BCUT2D eigenvalue weighted by Gasteiger charge is 2.36. The fourth-order valence-electron chi connectivity index (χ4n) is 1.67. The second kappa shape index (κ2) is 7.68. The van der Waals surface area contributed by atoms with Crippen LogP contribution in [0.2, 0.25) is 0 Å². The molecule has 1 aromatic heterocycles. The molecule has 0 saturated heterocycles. The predicted molar refractivity (Wildman–Crippen MR) is 83.0 cm³/mol. The quantitative estimate of drug-likeness (QED) is 0.769. The predicted octanol–water partition coefficient (Wildman–Crippen LogP) is 3.02. The van der Waals surface area contributed by atoms with E-state index in [1.807, 2.05) is 0 Å². The standard InChI is InChI=1S/C15H20F3N3O4/c1-14(2,3)25-13(23)21(9-15(16,17)18)11-7-6-10(8-19-11)12(22)20(4)24-5/h6-8H,9H2,1-5H3. The second-order valence-electron chi connectivity index (χ2n) is 6.07. The van der Waals surface area contributed by atoms with Gasteiger partial charge in [0, 0.05) is 13.2 Å². The Bertz CT molecular complexity index is 612. The van der Waals surface area contributed by atoms with Crippen LogP contribution < -0.4 is 4.90 Å². The van der Waals surface area contributed by atoms with E-state index < -0.39 is 30.3 Å². The van der Waals surface area contributed by atoms with Crippen molar-refractivity contribution in [2.75, 3.05) is 25.6 Å². The van der Waals surface area contributed by atoms with Gasteiger partial charge in [-0.25, -0.2) is 14.8 Å². The Hall–Kier alpha value is -2.36. The third kappa shape index (κ3) is 6.57. The largest absolute Gasteiger partial charge is 0.443 e. The van der Waals surface area contributed by atoms with Gasteiger partial charge in [-0.2, -0.15) is 13.2 Å². The third-order valence-corrected chi connectivity index (χ3v) is 2.78. The number of amides is 2. The Morgan fingerprint density at radius 2 is 1.80 bits per heavy atom. The van der Waals surface area contributed by atoms with E-state index in [0.717, 1.165) is 17.3 Å². The summed E-state index contributed by atoms with van der Waals surface area (Å²) in [5.74, 6) is -0.829. The van der Waals surface area contributed by atoms with E-state index >= 15 is 0 Å². The number of carbonyl (C=O) groups is 2. The fraction of sp³-hybridized carbons (Fsp3) is 0.533. The first-order chi connectivity index (χ1) is 11.3. The van der Waals surface area contributed by atoms with E-state index in [0.29, 0.717) is 4.90 Å². The molecular weight excluding hydrogens is 343 g/mol. The van der Waals surface area contributed by atoms with Gasteiger partial charge in [0.25, 0.3) is 5.91 Å². The van der Waals surface area contributed by atoms with Crippen molar-refractivity contribution in [3.8, 4) is 0 Å². The Kier molecular flexibility index (Phi) is 6.36. The number of hydrogen-bond donors (Lipinski definition) is 0. The van der Waals surface area contributed by atoms with Crippen LogP contribution in [0.1, 0.15) is 31.1 Å². The molecule has 1 aromatic rings. The van der Waals surface area contributed by atoms with Gasteiger partial charge in [0.2, 0.25) is 0 Å². The van der Waals surface area contributed by atoms with Crippen LogP contribution in [-0.4, -0.2) is 54.5 Å². The second-order valence-corrected chi connectivity index (χ2v) is 6.07. The first-order valence-electron chi connectivity index (χ1n) is 7.19. The molecule has 0 N–H and O–H groups in total. The summed E-state index contributed by atoms with van der Waals surface area (Å²) in [6.07, 6.45) is -4.78. The van der Waals surface area contributed by atoms with Gasteiger partial charge in [-0.15, -0.1) is 0 Å². The summed E-state index contributed by atoms with van der Waals surface area (Å²) in [4.78, 5) is 32.8. The average molecular weight is 363 g/mol. The molecule has 2 amide bonds. The molecule has 0 atom stereocenters. The monoisotopic (exact) mass is 363 g/mol. The molecule has 0 aliphatic carbocycles. The zero-order valence-corrected chi connectivity index (χ0v) is 14.5. The maximum Gasteiger partial charge on any atom is 0.416 e. The lowest BCUT2D eigenvalue weighted by molar-refractivity contribution is -0.119. The third-order valence-electron chi connectivity index (χ3n) is 2.78. The zero-order chi connectivity index (χ0) is 19.4. The van der Waals surface area contributed by atoms with Gasteiger partial charge < -0.3 is 4.74 Å². The van der Waals surface area contributed by atoms with Gasteiger partial charge in [-0.3, -0.25) is 14.5 Å². The molecule has 7 nitrogen and oxygen atoms in total. The zero-order valence-electron chi connectivity index (χ0n) is 14.5. The van der Waals surface area contributed by atoms with Crippen LogP contribution in [0.4, 0.5) is 23.8 Å². The number of halogens is 3. The molecular formula is C15H20F3N3O4. The molecule has 0 spiro atoms. The first-order valence-corrected chi connectivity index (χ1v) is 7.19. The number of hydroxylamine groups is 2. The van der Waals surface area contributed by atoms with Gasteiger partial charge in [-0.05, 0) is 32.9 Å². The highest BCUT2D eigenvalue weighted by Crippen LogP contribution is 2.23. The van der Waals surface area contributed by atoms with Crippen molar-refractivity contribution < 1.29 is 32.3 Å². The first kappa shape index (κ1) is 20.7. The maximum atomic E-state index is 12.8. The molecule has 25 heavy (non-hydrogen) atoms. The van der Waals surface area contributed by atoms with Gasteiger partial charge in [-0.1, -0.05) is 0 Å². The SMILES string of the molecule is CON(C)C(=O)c1ccc(N(CC(F)(F)F)C(=O)OC(C)(C)C)nc1. The van der Waals surface area contributed by atoms with Crippen molar-refractivity contribution in [2.24, 2.45) is 0 Å². The van der Waals surface area contributed by atoms with E-state index in [-0.39, 0.29) is 11.4 Å². The highest BCUT2D eigenvalue weighted by atomic mass is 19.4. The van der Waals surface area contributed by atoms with Crippen LogP contribution in [0.5, 0.6) is 0 Å². The normalized spacial score (nSPS) is 11.8. The molecule has 1 rings (SSSR count). The van der Waals surface area contributed by atoms with Crippen LogP contribution in [-0.2, 0) is 9.57 Å². The minimum absolute atomic E-state index is 0.0873. The fourth-order valence-corrected chi connectivity index (χ4v) is 1.67. The summed E-state index contributed by atoms with van der Waals surface area (Å²) in [6, 6.07) is 2.38. The van der Waals surface area contributed by atoms with Crippen molar-refractivity contribution in [1.82, 2.24) is 10.0 Å². The highest BCUT2D eigenvalue weighted by molar-refractivity contribution is 5.93. The number of hydrogen-bond acceptors (Lipinski definition) is 5. The number of pyridine rings is 1. The molecule has 0 saturated carbocycles. The van der Waals surface area contributed by atoms with Crippen molar-refractivity contribution in [1.29, 1.82) is 0 Å². The van der Waals surface area contributed by atoms with Gasteiger partial charge >= 0.3 is 12.3 Å². The van der Waals surface area contributed by atoms with Crippen molar-refractivity contribution in [2.45, 2.75) is 32.5 Å². The minimum Gasteiger partial charge on any atom is -0.443 e. The Morgan fingerprint density at radius 3 is 2.20 bits per heavy atom. The molecule has 0 aliphatic heterocycles. The molecule has 1 heterocycles. The molecule has 140 valence electrons. The van der Waals surface area contributed by atoms with Crippen LogP contribution in [0, 0.1) is 0 Å². The summed E-state index contributed by atoms with van der Waals surface area (Å²) >= 11 is 0. The Balaban J connectivity index is 3.10. The smallest absolute Gasteiger partial charge is 0.416 e. The Labute approximate surface area is 143 Å². The number of carbonyl (C=O) groups excluding carboxylic acids is 2. The number of nitrogens with zero attached hydrogens (tertiary/aromatic N) is 3.